The van der Waals surface area contributed by atoms with Crippen LogP contribution in [0.25, 0.3) is 0 Å². The zero-order valence-corrected chi connectivity index (χ0v) is 12.3. The van der Waals surface area contributed by atoms with Gasteiger partial charge in [0.2, 0.25) is 0 Å². The second-order valence-corrected chi connectivity index (χ2v) is 5.38. The molecule has 0 aliphatic rings. The van der Waals surface area contributed by atoms with E-state index in [1.54, 1.807) is 0 Å². The van der Waals surface area contributed by atoms with E-state index in [0.29, 0.717) is 12.4 Å². The molecule has 21 heavy (non-hydrogen) atoms. The van der Waals surface area contributed by atoms with Crippen molar-refractivity contribution in [3.8, 4) is 5.75 Å². The maximum Gasteiger partial charge on any atom is 0.509 e. The maximum absolute atomic E-state index is 12.7. The number of halogens is 3. The number of hydrogen-bond acceptors (Lipinski definition) is 1. The smallest absolute Gasteiger partial charge is 0.489 e. The van der Waals surface area contributed by atoms with Gasteiger partial charge in [-0.05, 0) is 38.5 Å². The summed E-state index contributed by atoms with van der Waals surface area (Å²) in [6.45, 7) is 0.831. The van der Waals surface area contributed by atoms with Crippen molar-refractivity contribution in [3.05, 3.63) is 58.7 Å². The van der Waals surface area contributed by atoms with Crippen LogP contribution in [0.1, 0.15) is 22.3 Å². The third-order valence-electron chi connectivity index (χ3n) is 3.28. The van der Waals surface area contributed by atoms with Gasteiger partial charge in [0, 0.05) is 0 Å². The molecule has 0 amide bonds. The molecule has 0 radical (unpaired) electrons. The van der Waals surface area contributed by atoms with E-state index in [-0.39, 0.29) is 5.56 Å². The Balaban J connectivity index is 2.12. The highest BCUT2D eigenvalue weighted by Crippen LogP contribution is 2.19. The predicted molar refractivity (Wildman–Crippen MR) is 80.1 cm³/mol. The Bertz CT molecular complexity index is 630. The van der Waals surface area contributed by atoms with E-state index in [1.807, 2.05) is 26.0 Å². The van der Waals surface area contributed by atoms with Crippen molar-refractivity contribution < 1.29 is 17.7 Å². The monoisotopic (exact) mass is 293 g/mol. The normalized spacial score (nSPS) is 11.5. The standard InChI is InChI=1S/C16H17BF3O/c1-11-6-12(2)8-14(7-11)10-21-15-4-5-16(13(3)9-15)17(18,19)20/h4-9H,10H2,1-3H3/q-1. The molecule has 0 atom stereocenters. The van der Waals surface area contributed by atoms with E-state index in [9.17, 15) is 12.9 Å². The molecular formula is C16H17BF3O-. The number of aryl methyl sites for hydroxylation is 3. The molecule has 1 nitrogen and oxygen atoms in total. The molecule has 0 heterocycles. The average molecular weight is 293 g/mol. The Morgan fingerprint density at radius 3 is 2.05 bits per heavy atom. The molecule has 0 fully saturated rings. The van der Waals surface area contributed by atoms with Crippen molar-refractivity contribution >= 4 is 12.4 Å². The molecular weight excluding hydrogens is 276 g/mol. The van der Waals surface area contributed by atoms with Crippen LogP contribution in [0, 0.1) is 20.8 Å². The first kappa shape index (κ1) is 15.5. The van der Waals surface area contributed by atoms with Crippen LogP contribution in [0.5, 0.6) is 5.75 Å². The molecule has 0 N–H and O–H groups in total. The Morgan fingerprint density at radius 1 is 0.905 bits per heavy atom. The van der Waals surface area contributed by atoms with Gasteiger partial charge in [-0.2, -0.15) is 0 Å². The topological polar surface area (TPSA) is 9.23 Å². The van der Waals surface area contributed by atoms with Crippen molar-refractivity contribution in [2.45, 2.75) is 27.4 Å². The Kier molecular flexibility index (Phi) is 4.30. The molecule has 0 aliphatic carbocycles. The van der Waals surface area contributed by atoms with Gasteiger partial charge in [-0.3, -0.25) is 0 Å². The van der Waals surface area contributed by atoms with Crippen molar-refractivity contribution in [3.63, 3.8) is 0 Å². The van der Waals surface area contributed by atoms with Gasteiger partial charge in [0.15, 0.2) is 0 Å². The van der Waals surface area contributed by atoms with Crippen molar-refractivity contribution in [1.29, 1.82) is 0 Å². The van der Waals surface area contributed by atoms with E-state index < -0.39 is 12.4 Å². The third-order valence-corrected chi connectivity index (χ3v) is 3.28. The first-order chi connectivity index (χ1) is 9.75. The first-order valence-electron chi connectivity index (χ1n) is 6.76. The van der Waals surface area contributed by atoms with Gasteiger partial charge in [-0.15, -0.1) is 5.46 Å². The van der Waals surface area contributed by atoms with Crippen molar-refractivity contribution in [2.75, 3.05) is 0 Å². The van der Waals surface area contributed by atoms with Gasteiger partial charge in [-0.1, -0.05) is 41.0 Å². The largest absolute Gasteiger partial charge is 0.509 e. The predicted octanol–water partition coefficient (Wildman–Crippen LogP) is 4.25. The fourth-order valence-electron chi connectivity index (χ4n) is 2.42. The quantitative estimate of drug-likeness (QED) is 0.766. The second-order valence-electron chi connectivity index (χ2n) is 5.38. The fraction of sp³-hybridized carbons (Fsp3) is 0.250. The van der Waals surface area contributed by atoms with Crippen LogP contribution in [0.2, 0.25) is 0 Å². The third kappa shape index (κ3) is 4.03. The van der Waals surface area contributed by atoms with Gasteiger partial charge < -0.3 is 17.7 Å². The van der Waals surface area contributed by atoms with Gasteiger partial charge >= 0.3 is 6.98 Å². The molecule has 0 saturated heterocycles. The molecule has 2 aromatic rings. The summed E-state index contributed by atoms with van der Waals surface area (Å²) in [5.41, 5.74) is 2.92. The Hall–Kier alpha value is -1.91. The Morgan fingerprint density at radius 2 is 1.52 bits per heavy atom. The molecule has 112 valence electrons. The van der Waals surface area contributed by atoms with Crippen LogP contribution in [0.3, 0.4) is 0 Å². The van der Waals surface area contributed by atoms with E-state index in [0.717, 1.165) is 22.8 Å². The molecule has 0 aliphatic heterocycles. The highest BCUT2D eigenvalue weighted by molar-refractivity contribution is 6.74. The zero-order chi connectivity index (χ0) is 15.6. The lowest BCUT2D eigenvalue weighted by Crippen LogP contribution is -2.35. The van der Waals surface area contributed by atoms with Crippen LogP contribution in [0.15, 0.2) is 36.4 Å². The molecule has 2 aromatic carbocycles. The molecule has 0 saturated carbocycles. The van der Waals surface area contributed by atoms with E-state index in [1.165, 1.54) is 19.1 Å². The van der Waals surface area contributed by atoms with Crippen LogP contribution < -0.4 is 10.2 Å². The summed E-state index contributed by atoms with van der Waals surface area (Å²) in [6, 6.07) is 9.98. The molecule has 0 spiro atoms. The molecule has 0 unspecified atom stereocenters. The maximum atomic E-state index is 12.7. The molecule has 5 heteroatoms. The summed E-state index contributed by atoms with van der Waals surface area (Å²) in [7, 11) is 0. The lowest BCUT2D eigenvalue weighted by molar-refractivity contribution is 0.306. The zero-order valence-electron chi connectivity index (χ0n) is 12.3. The molecule has 0 bridgehead atoms. The van der Waals surface area contributed by atoms with Crippen LogP contribution in [0.4, 0.5) is 12.9 Å². The number of hydrogen-bond donors (Lipinski definition) is 0. The van der Waals surface area contributed by atoms with E-state index in [2.05, 4.69) is 6.07 Å². The first-order valence-corrected chi connectivity index (χ1v) is 6.76. The number of ether oxygens (including phenoxy) is 1. The summed E-state index contributed by atoms with van der Waals surface area (Å²) in [6.07, 6.45) is 0. The lowest BCUT2D eigenvalue weighted by Gasteiger charge is -2.18. The average Bonchev–Trinajstić information content (AvgIpc) is 2.33. The minimum absolute atomic E-state index is 0.195. The van der Waals surface area contributed by atoms with Crippen LogP contribution in [-0.4, -0.2) is 6.98 Å². The summed E-state index contributed by atoms with van der Waals surface area (Å²) in [5.74, 6) is 0.454. The van der Waals surface area contributed by atoms with Crippen LogP contribution >= 0.6 is 0 Å². The van der Waals surface area contributed by atoms with Gasteiger partial charge in [0.1, 0.15) is 12.4 Å². The highest BCUT2D eigenvalue weighted by Gasteiger charge is 2.27. The van der Waals surface area contributed by atoms with E-state index >= 15 is 0 Å². The minimum Gasteiger partial charge on any atom is -0.489 e. The van der Waals surface area contributed by atoms with Crippen LogP contribution in [-0.2, 0) is 6.61 Å². The fourth-order valence-corrected chi connectivity index (χ4v) is 2.42. The number of rotatable bonds is 4. The summed E-state index contributed by atoms with van der Waals surface area (Å²) < 4.78 is 43.8. The minimum atomic E-state index is -4.97. The highest BCUT2D eigenvalue weighted by atomic mass is 19.4. The summed E-state index contributed by atoms with van der Waals surface area (Å²) >= 11 is 0. The van der Waals surface area contributed by atoms with Gasteiger partial charge in [-0.25, -0.2) is 0 Å². The lowest BCUT2D eigenvalue weighted by atomic mass is 9.77. The SMILES string of the molecule is Cc1cc(C)cc(COc2ccc([B-](F)(F)F)c(C)c2)c1. The Labute approximate surface area is 122 Å². The van der Waals surface area contributed by atoms with Crippen molar-refractivity contribution in [2.24, 2.45) is 0 Å². The second kappa shape index (κ2) is 5.84. The molecule has 0 aromatic heterocycles. The summed E-state index contributed by atoms with van der Waals surface area (Å²) in [5, 5.41) is 0. The van der Waals surface area contributed by atoms with Gasteiger partial charge in [0.25, 0.3) is 0 Å². The van der Waals surface area contributed by atoms with Gasteiger partial charge in [0.05, 0.1) is 0 Å². The summed E-state index contributed by atoms with van der Waals surface area (Å²) in [4.78, 5) is 0. The molecule has 2 rings (SSSR count). The van der Waals surface area contributed by atoms with E-state index in [4.69, 9.17) is 4.74 Å². The number of benzene rings is 2. The van der Waals surface area contributed by atoms with Crippen molar-refractivity contribution in [1.82, 2.24) is 0 Å².